The molecule has 0 aliphatic carbocycles. The highest BCUT2D eigenvalue weighted by molar-refractivity contribution is 7.92. The van der Waals surface area contributed by atoms with Gasteiger partial charge in [-0.3, -0.25) is 13.9 Å². The predicted octanol–water partition coefficient (Wildman–Crippen LogP) is 2.09. The first-order valence-corrected chi connectivity index (χ1v) is 13.0. The summed E-state index contributed by atoms with van der Waals surface area (Å²) < 4.78 is 37.5. The van der Waals surface area contributed by atoms with Crippen molar-refractivity contribution in [1.82, 2.24) is 10.2 Å². The number of nitrogens with one attached hydrogen (secondary N) is 1. The van der Waals surface area contributed by atoms with E-state index in [4.69, 9.17) is 9.47 Å². The van der Waals surface area contributed by atoms with E-state index < -0.39 is 28.5 Å². The minimum Gasteiger partial charge on any atom is -0.486 e. The summed E-state index contributed by atoms with van der Waals surface area (Å²) in [6.45, 7) is 6.24. The number of carbonyl (C=O) groups excluding carboxylic acids is 2. The van der Waals surface area contributed by atoms with Crippen LogP contribution in [-0.2, 0) is 26.2 Å². The number of anilines is 1. The Balaban J connectivity index is 1.93. The third kappa shape index (κ3) is 5.99. The van der Waals surface area contributed by atoms with Crippen molar-refractivity contribution in [3.63, 3.8) is 0 Å². The maximum absolute atomic E-state index is 13.5. The SMILES string of the molecule is CCNC(=O)[C@@H](C)N(Cc1ccccc1C)C(=O)CN(c1ccc2c(c1)OCCO2)S(C)(=O)=O. The van der Waals surface area contributed by atoms with Gasteiger partial charge in [0, 0.05) is 19.2 Å². The second-order valence-electron chi connectivity index (χ2n) is 8.12. The summed E-state index contributed by atoms with van der Waals surface area (Å²) in [5.74, 6) is 0.120. The molecule has 3 rings (SSSR count). The van der Waals surface area contributed by atoms with Crippen molar-refractivity contribution in [3.05, 3.63) is 53.6 Å². The molecular formula is C24H31N3O6S. The molecule has 0 spiro atoms. The fourth-order valence-electron chi connectivity index (χ4n) is 3.68. The van der Waals surface area contributed by atoms with E-state index >= 15 is 0 Å². The molecular weight excluding hydrogens is 458 g/mol. The van der Waals surface area contributed by atoms with Crippen LogP contribution in [0.5, 0.6) is 11.5 Å². The van der Waals surface area contributed by atoms with Gasteiger partial charge < -0.3 is 19.7 Å². The number of likely N-dealkylation sites (N-methyl/N-ethyl adjacent to an activating group) is 1. The molecule has 0 aromatic heterocycles. The molecule has 10 heteroatoms. The minimum absolute atomic E-state index is 0.169. The Kier molecular flexibility index (Phi) is 8.03. The summed E-state index contributed by atoms with van der Waals surface area (Å²) in [7, 11) is -3.82. The van der Waals surface area contributed by atoms with Gasteiger partial charge in [-0.05, 0) is 44.0 Å². The number of benzene rings is 2. The molecule has 0 radical (unpaired) electrons. The molecule has 0 fully saturated rings. The van der Waals surface area contributed by atoms with Crippen LogP contribution in [0.1, 0.15) is 25.0 Å². The Hall–Kier alpha value is -3.27. The van der Waals surface area contributed by atoms with E-state index in [9.17, 15) is 18.0 Å². The number of hydrogen-bond donors (Lipinski definition) is 1. The van der Waals surface area contributed by atoms with Crippen LogP contribution in [-0.4, -0.2) is 63.7 Å². The van der Waals surface area contributed by atoms with Gasteiger partial charge in [0.2, 0.25) is 21.8 Å². The second kappa shape index (κ2) is 10.8. The topological polar surface area (TPSA) is 105 Å². The van der Waals surface area contributed by atoms with E-state index in [2.05, 4.69) is 5.32 Å². The maximum atomic E-state index is 13.5. The molecule has 2 aromatic rings. The van der Waals surface area contributed by atoms with E-state index in [1.165, 1.54) is 4.90 Å². The van der Waals surface area contributed by atoms with Crippen molar-refractivity contribution in [2.45, 2.75) is 33.4 Å². The van der Waals surface area contributed by atoms with Crippen molar-refractivity contribution in [1.29, 1.82) is 0 Å². The van der Waals surface area contributed by atoms with Crippen LogP contribution in [0.4, 0.5) is 5.69 Å². The van der Waals surface area contributed by atoms with E-state index in [1.807, 2.05) is 31.2 Å². The average Bonchev–Trinajstić information content (AvgIpc) is 2.80. The maximum Gasteiger partial charge on any atom is 0.244 e. The number of nitrogens with zero attached hydrogens (tertiary/aromatic N) is 2. The van der Waals surface area contributed by atoms with Crippen molar-refractivity contribution in [2.24, 2.45) is 0 Å². The fraction of sp³-hybridized carbons (Fsp3) is 0.417. The zero-order valence-electron chi connectivity index (χ0n) is 19.9. The molecule has 0 saturated heterocycles. The molecule has 2 aromatic carbocycles. The summed E-state index contributed by atoms with van der Waals surface area (Å²) >= 11 is 0. The lowest BCUT2D eigenvalue weighted by Gasteiger charge is -2.32. The summed E-state index contributed by atoms with van der Waals surface area (Å²) in [5.41, 5.74) is 2.12. The molecule has 34 heavy (non-hydrogen) atoms. The Morgan fingerprint density at radius 1 is 1.09 bits per heavy atom. The van der Waals surface area contributed by atoms with Gasteiger partial charge in [0.1, 0.15) is 25.8 Å². The standard InChI is InChI=1S/C24H31N3O6S/c1-5-25-24(29)18(3)26(15-19-9-7-6-8-17(19)2)23(28)16-27(34(4,30)31)20-10-11-21-22(14-20)33-13-12-32-21/h6-11,14,18H,5,12-13,15-16H2,1-4H3,(H,25,29)/t18-/m1/s1. The van der Waals surface area contributed by atoms with Gasteiger partial charge >= 0.3 is 0 Å². The molecule has 0 unspecified atom stereocenters. The molecule has 0 bridgehead atoms. The zero-order valence-corrected chi connectivity index (χ0v) is 20.7. The van der Waals surface area contributed by atoms with Crippen LogP contribution >= 0.6 is 0 Å². The highest BCUT2D eigenvalue weighted by atomic mass is 32.2. The minimum atomic E-state index is -3.82. The Bertz CT molecular complexity index is 1150. The van der Waals surface area contributed by atoms with E-state index in [1.54, 1.807) is 32.0 Å². The van der Waals surface area contributed by atoms with Crippen LogP contribution in [0.25, 0.3) is 0 Å². The third-order valence-corrected chi connectivity index (χ3v) is 6.75. The van der Waals surface area contributed by atoms with Crippen LogP contribution in [0.2, 0.25) is 0 Å². The highest BCUT2D eigenvalue weighted by Crippen LogP contribution is 2.34. The predicted molar refractivity (Wildman–Crippen MR) is 129 cm³/mol. The quantitative estimate of drug-likeness (QED) is 0.578. The second-order valence-corrected chi connectivity index (χ2v) is 10.0. The first kappa shape index (κ1) is 25.4. The van der Waals surface area contributed by atoms with Crippen LogP contribution < -0.4 is 19.1 Å². The summed E-state index contributed by atoms with van der Waals surface area (Å²) in [5, 5.41) is 2.74. The number of hydrogen-bond acceptors (Lipinski definition) is 6. The van der Waals surface area contributed by atoms with Gasteiger partial charge in [0.25, 0.3) is 0 Å². The number of fused-ring (bicyclic) bond motifs is 1. The van der Waals surface area contributed by atoms with Crippen molar-refractivity contribution < 1.29 is 27.5 Å². The van der Waals surface area contributed by atoms with Crippen LogP contribution in [0, 0.1) is 6.92 Å². The number of aryl methyl sites for hydroxylation is 1. The number of amides is 2. The summed E-state index contributed by atoms with van der Waals surface area (Å²) in [6.07, 6.45) is 1.04. The third-order valence-electron chi connectivity index (χ3n) is 5.61. The normalized spacial score (nSPS) is 13.6. The molecule has 1 heterocycles. The summed E-state index contributed by atoms with van der Waals surface area (Å²) in [4.78, 5) is 27.5. The van der Waals surface area contributed by atoms with Crippen molar-refractivity contribution in [2.75, 3.05) is 36.9 Å². The molecule has 2 amide bonds. The Morgan fingerprint density at radius 2 is 1.76 bits per heavy atom. The number of ether oxygens (including phenoxy) is 2. The zero-order chi connectivity index (χ0) is 24.9. The van der Waals surface area contributed by atoms with E-state index in [0.29, 0.717) is 31.3 Å². The lowest BCUT2D eigenvalue weighted by Crippen LogP contribution is -2.51. The summed E-state index contributed by atoms with van der Waals surface area (Å²) in [6, 6.07) is 11.5. The number of sulfonamides is 1. The number of rotatable bonds is 9. The molecule has 1 aliphatic rings. The van der Waals surface area contributed by atoms with Crippen molar-refractivity contribution in [3.8, 4) is 11.5 Å². The number of carbonyl (C=O) groups is 2. The Labute approximate surface area is 200 Å². The van der Waals surface area contributed by atoms with Crippen LogP contribution in [0.15, 0.2) is 42.5 Å². The first-order valence-electron chi connectivity index (χ1n) is 11.1. The fourth-order valence-corrected chi connectivity index (χ4v) is 4.52. The van der Waals surface area contributed by atoms with Crippen molar-refractivity contribution >= 4 is 27.5 Å². The van der Waals surface area contributed by atoms with E-state index in [-0.39, 0.29) is 18.1 Å². The van der Waals surface area contributed by atoms with Crippen LogP contribution in [0.3, 0.4) is 0 Å². The largest absolute Gasteiger partial charge is 0.486 e. The van der Waals surface area contributed by atoms with Gasteiger partial charge in [0.15, 0.2) is 11.5 Å². The van der Waals surface area contributed by atoms with Gasteiger partial charge in [0.05, 0.1) is 11.9 Å². The molecule has 1 aliphatic heterocycles. The smallest absolute Gasteiger partial charge is 0.244 e. The van der Waals surface area contributed by atoms with Gasteiger partial charge in [-0.2, -0.15) is 0 Å². The molecule has 184 valence electrons. The van der Waals surface area contributed by atoms with Gasteiger partial charge in [-0.25, -0.2) is 8.42 Å². The average molecular weight is 490 g/mol. The monoisotopic (exact) mass is 489 g/mol. The lowest BCUT2D eigenvalue weighted by atomic mass is 10.1. The Morgan fingerprint density at radius 3 is 2.41 bits per heavy atom. The molecule has 0 saturated carbocycles. The molecule has 1 N–H and O–H groups in total. The lowest BCUT2D eigenvalue weighted by molar-refractivity contribution is -0.139. The highest BCUT2D eigenvalue weighted by Gasteiger charge is 2.30. The molecule has 9 nitrogen and oxygen atoms in total. The van der Waals surface area contributed by atoms with Gasteiger partial charge in [-0.1, -0.05) is 24.3 Å². The molecule has 1 atom stereocenters. The first-order chi connectivity index (χ1) is 16.1. The van der Waals surface area contributed by atoms with Gasteiger partial charge in [-0.15, -0.1) is 0 Å². The van der Waals surface area contributed by atoms with E-state index in [0.717, 1.165) is 21.7 Å².